The van der Waals surface area contributed by atoms with Crippen molar-refractivity contribution >= 4 is 27.3 Å². The summed E-state index contributed by atoms with van der Waals surface area (Å²) < 4.78 is 0.467. The summed E-state index contributed by atoms with van der Waals surface area (Å²) in [6.07, 6.45) is 5.62. The van der Waals surface area contributed by atoms with E-state index in [1.807, 2.05) is 0 Å². The van der Waals surface area contributed by atoms with E-state index in [9.17, 15) is 15.2 Å². The molecule has 1 aromatic carbocycles. The zero-order valence-corrected chi connectivity index (χ0v) is 12.9. The average Bonchev–Trinajstić information content (AvgIpc) is 2.46. The van der Waals surface area contributed by atoms with Gasteiger partial charge in [-0.1, -0.05) is 19.3 Å². The Balaban J connectivity index is 2.03. The highest BCUT2D eigenvalue weighted by atomic mass is 79.9. The van der Waals surface area contributed by atoms with Gasteiger partial charge in [0, 0.05) is 23.7 Å². The van der Waals surface area contributed by atoms with Gasteiger partial charge in [0.1, 0.15) is 0 Å². The number of nitrogens with one attached hydrogen (secondary N) is 1. The quantitative estimate of drug-likeness (QED) is 0.631. The lowest BCUT2D eigenvalue weighted by Gasteiger charge is -2.36. The predicted molar refractivity (Wildman–Crippen MR) is 81.9 cm³/mol. The summed E-state index contributed by atoms with van der Waals surface area (Å²) in [7, 11) is 0. The maximum absolute atomic E-state index is 10.8. The first kappa shape index (κ1) is 15.3. The molecule has 1 saturated carbocycles. The summed E-state index contributed by atoms with van der Waals surface area (Å²) in [6.45, 7) is 0.891. The molecule has 0 atom stereocenters. The molecule has 1 aliphatic carbocycles. The van der Waals surface area contributed by atoms with Crippen molar-refractivity contribution in [2.45, 2.75) is 32.1 Å². The summed E-state index contributed by atoms with van der Waals surface area (Å²) in [5.74, 6) is 0. The van der Waals surface area contributed by atoms with Gasteiger partial charge in [-0.05, 0) is 40.9 Å². The SMILES string of the molecule is O=[N+]([O-])c1ccc(NCC2(CO)CCCCC2)cc1Br. The highest BCUT2D eigenvalue weighted by Gasteiger charge is 2.31. The van der Waals surface area contributed by atoms with Crippen LogP contribution in [0.2, 0.25) is 0 Å². The second-order valence-electron chi connectivity index (χ2n) is 5.50. The Morgan fingerprint density at radius 1 is 1.35 bits per heavy atom. The van der Waals surface area contributed by atoms with E-state index in [4.69, 9.17) is 0 Å². The topological polar surface area (TPSA) is 75.4 Å². The fourth-order valence-electron chi connectivity index (χ4n) is 2.75. The van der Waals surface area contributed by atoms with Gasteiger partial charge in [-0.25, -0.2) is 0 Å². The molecular formula is C14H19BrN2O3. The van der Waals surface area contributed by atoms with Crippen LogP contribution in [-0.4, -0.2) is 23.2 Å². The van der Waals surface area contributed by atoms with E-state index < -0.39 is 4.92 Å². The maximum atomic E-state index is 10.8. The van der Waals surface area contributed by atoms with E-state index in [0.717, 1.165) is 31.4 Å². The van der Waals surface area contributed by atoms with Crippen LogP contribution in [0.1, 0.15) is 32.1 Å². The molecule has 1 aliphatic rings. The highest BCUT2D eigenvalue weighted by molar-refractivity contribution is 9.10. The fourth-order valence-corrected chi connectivity index (χ4v) is 3.27. The minimum Gasteiger partial charge on any atom is -0.396 e. The fraction of sp³-hybridized carbons (Fsp3) is 0.571. The third-order valence-corrected chi connectivity index (χ3v) is 4.70. The van der Waals surface area contributed by atoms with E-state index >= 15 is 0 Å². The lowest BCUT2D eigenvalue weighted by Crippen LogP contribution is -2.35. The largest absolute Gasteiger partial charge is 0.396 e. The molecule has 1 fully saturated rings. The molecule has 1 aromatic rings. The number of nitro groups is 1. The molecule has 0 aromatic heterocycles. The summed E-state index contributed by atoms with van der Waals surface area (Å²) in [5.41, 5.74) is 0.845. The highest BCUT2D eigenvalue weighted by Crippen LogP contribution is 2.36. The van der Waals surface area contributed by atoms with E-state index in [1.54, 1.807) is 12.1 Å². The molecule has 0 unspecified atom stereocenters. The number of halogens is 1. The van der Waals surface area contributed by atoms with Crippen molar-refractivity contribution in [1.29, 1.82) is 0 Å². The molecule has 0 amide bonds. The van der Waals surface area contributed by atoms with Gasteiger partial charge in [-0.15, -0.1) is 0 Å². The Hall–Kier alpha value is -1.14. The van der Waals surface area contributed by atoms with E-state index in [0.29, 0.717) is 11.0 Å². The van der Waals surface area contributed by atoms with Gasteiger partial charge in [0.25, 0.3) is 5.69 Å². The van der Waals surface area contributed by atoms with Crippen molar-refractivity contribution in [1.82, 2.24) is 0 Å². The minimum atomic E-state index is -0.412. The van der Waals surface area contributed by atoms with Crippen LogP contribution < -0.4 is 5.32 Å². The van der Waals surface area contributed by atoms with Crippen molar-refractivity contribution in [3.63, 3.8) is 0 Å². The van der Waals surface area contributed by atoms with Gasteiger partial charge in [0.2, 0.25) is 0 Å². The van der Waals surface area contributed by atoms with Gasteiger partial charge in [-0.3, -0.25) is 10.1 Å². The monoisotopic (exact) mass is 342 g/mol. The van der Waals surface area contributed by atoms with Crippen LogP contribution >= 0.6 is 15.9 Å². The van der Waals surface area contributed by atoms with Crippen LogP contribution in [0, 0.1) is 15.5 Å². The van der Waals surface area contributed by atoms with Gasteiger partial charge in [-0.2, -0.15) is 0 Å². The van der Waals surface area contributed by atoms with Crippen LogP contribution in [0.4, 0.5) is 11.4 Å². The number of nitrogens with zero attached hydrogens (tertiary/aromatic N) is 1. The van der Waals surface area contributed by atoms with Gasteiger partial charge in [0.05, 0.1) is 16.0 Å². The van der Waals surface area contributed by atoms with Crippen molar-refractivity contribution in [3.05, 3.63) is 32.8 Å². The minimum absolute atomic E-state index is 0.0491. The molecule has 5 nitrogen and oxygen atoms in total. The van der Waals surface area contributed by atoms with Crippen LogP contribution in [0.5, 0.6) is 0 Å². The molecule has 0 spiro atoms. The molecule has 110 valence electrons. The number of nitro benzene ring substituents is 1. The van der Waals surface area contributed by atoms with Gasteiger partial charge < -0.3 is 10.4 Å². The molecule has 0 aliphatic heterocycles. The van der Waals surface area contributed by atoms with Gasteiger partial charge >= 0.3 is 0 Å². The molecule has 2 N–H and O–H groups in total. The third kappa shape index (κ3) is 3.49. The van der Waals surface area contributed by atoms with E-state index in [-0.39, 0.29) is 17.7 Å². The Kier molecular flexibility index (Phi) is 4.99. The van der Waals surface area contributed by atoms with Crippen LogP contribution in [0.15, 0.2) is 22.7 Å². The number of aliphatic hydroxyl groups is 1. The number of rotatable bonds is 5. The number of aliphatic hydroxyl groups excluding tert-OH is 1. The number of hydrogen-bond donors (Lipinski definition) is 2. The zero-order chi connectivity index (χ0) is 14.6. The predicted octanol–water partition coefficient (Wildman–Crippen LogP) is 3.71. The maximum Gasteiger partial charge on any atom is 0.283 e. The molecule has 0 bridgehead atoms. The summed E-state index contributed by atoms with van der Waals surface area (Å²) in [4.78, 5) is 10.3. The lowest BCUT2D eigenvalue weighted by atomic mass is 9.74. The third-order valence-electron chi connectivity index (χ3n) is 4.06. The second-order valence-corrected chi connectivity index (χ2v) is 6.35. The average molecular weight is 343 g/mol. The second kappa shape index (κ2) is 6.54. The number of benzene rings is 1. The Bertz CT molecular complexity index is 487. The molecule has 2 rings (SSSR count). The van der Waals surface area contributed by atoms with E-state index in [1.165, 1.54) is 12.5 Å². The van der Waals surface area contributed by atoms with Crippen LogP contribution in [0.3, 0.4) is 0 Å². The van der Waals surface area contributed by atoms with Crippen molar-refractivity contribution in [2.75, 3.05) is 18.5 Å². The number of hydrogen-bond acceptors (Lipinski definition) is 4. The first-order chi connectivity index (χ1) is 9.56. The van der Waals surface area contributed by atoms with Crippen molar-refractivity contribution < 1.29 is 10.0 Å². The first-order valence-electron chi connectivity index (χ1n) is 6.85. The van der Waals surface area contributed by atoms with Gasteiger partial charge in [0.15, 0.2) is 0 Å². The molecular weight excluding hydrogens is 324 g/mol. The molecule has 20 heavy (non-hydrogen) atoms. The summed E-state index contributed by atoms with van der Waals surface area (Å²) in [5, 5.41) is 23.7. The zero-order valence-electron chi connectivity index (χ0n) is 11.3. The summed E-state index contributed by atoms with van der Waals surface area (Å²) in [6, 6.07) is 4.90. The molecule has 0 saturated heterocycles. The normalized spacial score (nSPS) is 17.7. The van der Waals surface area contributed by atoms with Crippen molar-refractivity contribution in [3.8, 4) is 0 Å². The molecule has 0 heterocycles. The smallest absolute Gasteiger partial charge is 0.283 e. The Morgan fingerprint density at radius 2 is 2.05 bits per heavy atom. The Morgan fingerprint density at radius 3 is 2.60 bits per heavy atom. The van der Waals surface area contributed by atoms with Crippen LogP contribution in [0.25, 0.3) is 0 Å². The molecule has 6 heteroatoms. The summed E-state index contributed by atoms with van der Waals surface area (Å²) >= 11 is 3.21. The standard InChI is InChI=1S/C14H19BrN2O3/c15-12-8-11(4-5-13(12)17(19)20)16-9-14(10-18)6-2-1-3-7-14/h4-5,8,16,18H,1-3,6-7,9-10H2. The number of anilines is 1. The lowest BCUT2D eigenvalue weighted by molar-refractivity contribution is -0.385. The Labute approximate surface area is 126 Å². The van der Waals surface area contributed by atoms with Crippen molar-refractivity contribution in [2.24, 2.45) is 5.41 Å². The first-order valence-corrected chi connectivity index (χ1v) is 7.64. The van der Waals surface area contributed by atoms with Crippen LogP contribution in [-0.2, 0) is 0 Å². The molecule has 0 radical (unpaired) electrons. The van der Waals surface area contributed by atoms with E-state index in [2.05, 4.69) is 21.2 Å².